The number of amidine groups is 1. The average Bonchev–Trinajstić information content (AvgIpc) is 3.09. The van der Waals surface area contributed by atoms with Crippen molar-refractivity contribution in [3.63, 3.8) is 0 Å². The van der Waals surface area contributed by atoms with Gasteiger partial charge in [-0.25, -0.2) is 14.0 Å². The van der Waals surface area contributed by atoms with Crippen LogP contribution in [0.4, 0.5) is 10.1 Å². The molecule has 2 aromatic carbocycles. The maximum Gasteiger partial charge on any atom is 0.182 e. The van der Waals surface area contributed by atoms with Crippen molar-refractivity contribution in [2.75, 3.05) is 0 Å². The molecule has 0 unspecified atom stereocenters. The lowest BCUT2D eigenvalue weighted by Gasteiger charge is -2.07. The van der Waals surface area contributed by atoms with Gasteiger partial charge in [-0.3, -0.25) is 15.5 Å². The zero-order valence-electron chi connectivity index (χ0n) is 14.1. The highest BCUT2D eigenvalue weighted by Gasteiger charge is 2.23. The Kier molecular flexibility index (Phi) is 6.86. The van der Waals surface area contributed by atoms with E-state index in [4.69, 9.17) is 34.8 Å². The molecule has 1 aromatic heterocycles. The van der Waals surface area contributed by atoms with Crippen LogP contribution < -0.4 is 5.48 Å². The molecule has 1 heterocycles. The number of nitrogens with zero attached hydrogens (tertiary/aromatic N) is 3. The summed E-state index contributed by atoms with van der Waals surface area (Å²) in [6.07, 6.45) is -0.298. The number of halogens is 5. The lowest BCUT2D eigenvalue weighted by Crippen LogP contribution is -2.22. The molecular formula is C17H9BrCl3FN4O3. The highest BCUT2D eigenvalue weighted by Crippen LogP contribution is 2.30. The van der Waals surface area contributed by atoms with E-state index >= 15 is 0 Å². The summed E-state index contributed by atoms with van der Waals surface area (Å²) in [7, 11) is 0. The summed E-state index contributed by atoms with van der Waals surface area (Å²) in [6.45, 7) is 0. The van der Waals surface area contributed by atoms with E-state index in [2.05, 4.69) is 35.9 Å². The number of hydrogen-bond acceptors (Lipinski definition) is 6. The molecule has 0 fully saturated rings. The van der Waals surface area contributed by atoms with E-state index in [9.17, 15) is 14.4 Å². The predicted octanol–water partition coefficient (Wildman–Crippen LogP) is 5.41. The molecule has 29 heavy (non-hydrogen) atoms. The van der Waals surface area contributed by atoms with Crippen LogP contribution in [-0.2, 0) is 6.42 Å². The number of carbonyl (C=O) groups excluding carboxylic acids is 1. The van der Waals surface area contributed by atoms with Crippen LogP contribution in [0.5, 0.6) is 0 Å². The number of benzene rings is 2. The van der Waals surface area contributed by atoms with Crippen molar-refractivity contribution in [2.45, 2.75) is 6.42 Å². The van der Waals surface area contributed by atoms with Gasteiger partial charge in [-0.2, -0.15) is 0 Å². The van der Waals surface area contributed by atoms with Crippen molar-refractivity contribution in [3.8, 4) is 0 Å². The molecule has 0 radical (unpaired) electrons. The quantitative estimate of drug-likeness (QED) is 0.201. The van der Waals surface area contributed by atoms with Crippen molar-refractivity contribution in [1.82, 2.24) is 15.8 Å². The summed E-state index contributed by atoms with van der Waals surface area (Å²) in [6, 6.07) is 6.73. The third-order valence-electron chi connectivity index (χ3n) is 3.64. The minimum absolute atomic E-state index is 0.0255. The zero-order valence-corrected chi connectivity index (χ0v) is 17.9. The lowest BCUT2D eigenvalue weighted by atomic mass is 10.1. The van der Waals surface area contributed by atoms with Crippen LogP contribution in [0.1, 0.15) is 21.7 Å². The smallest absolute Gasteiger partial charge is 0.182 e. The van der Waals surface area contributed by atoms with Gasteiger partial charge >= 0.3 is 0 Å². The number of aliphatic imine (C=N–C) groups is 1. The van der Waals surface area contributed by atoms with E-state index in [1.165, 1.54) is 30.3 Å². The number of rotatable bonds is 5. The fraction of sp³-hybridized carbons (Fsp3) is 0.0588. The van der Waals surface area contributed by atoms with E-state index in [0.717, 1.165) is 0 Å². The summed E-state index contributed by atoms with van der Waals surface area (Å²) >= 11 is 21.1. The molecule has 0 spiro atoms. The maximum atomic E-state index is 13.4. The van der Waals surface area contributed by atoms with Gasteiger partial charge < -0.3 is 0 Å². The molecule has 0 aliphatic carbocycles. The Labute approximate surface area is 186 Å². The largest absolute Gasteiger partial charge is 0.294 e. The van der Waals surface area contributed by atoms with E-state index in [1.807, 2.05) is 5.48 Å². The molecular weight excluding hydrogens is 513 g/mol. The Bertz CT molecular complexity index is 1100. The minimum Gasteiger partial charge on any atom is -0.294 e. The van der Waals surface area contributed by atoms with E-state index in [1.54, 1.807) is 0 Å². The minimum atomic E-state index is -0.478. The average molecular weight is 523 g/mol. The third kappa shape index (κ3) is 4.93. The Balaban J connectivity index is 1.93. The van der Waals surface area contributed by atoms with Crippen LogP contribution in [0.25, 0.3) is 0 Å². The van der Waals surface area contributed by atoms with Gasteiger partial charge in [-0.1, -0.05) is 40.0 Å². The second-order valence-corrected chi connectivity index (χ2v) is 7.68. The molecule has 7 nitrogen and oxygen atoms in total. The fourth-order valence-electron chi connectivity index (χ4n) is 2.37. The SMILES string of the molecule is O=C(Cc1nonc1C(=Nc1ccc(F)c(Br)c1)NO)c1c(Cl)cc(Cl)cc1Cl. The summed E-state index contributed by atoms with van der Waals surface area (Å²) in [5.41, 5.74) is 2.26. The molecule has 2 N–H and O–H groups in total. The van der Waals surface area contributed by atoms with Gasteiger partial charge in [-0.05, 0) is 51.4 Å². The first kappa shape index (κ1) is 21.7. The molecule has 0 saturated heterocycles. The molecule has 0 saturated carbocycles. The molecule has 0 aliphatic heterocycles. The first-order chi connectivity index (χ1) is 13.8. The number of carbonyl (C=O) groups is 1. The second kappa shape index (κ2) is 9.19. The van der Waals surface area contributed by atoms with Crippen molar-refractivity contribution in [2.24, 2.45) is 4.99 Å². The molecule has 0 bridgehead atoms. The summed E-state index contributed by atoms with van der Waals surface area (Å²) < 4.78 is 18.2. The normalized spacial score (nSPS) is 11.6. The van der Waals surface area contributed by atoms with Gasteiger partial charge in [0.05, 0.1) is 32.2 Å². The van der Waals surface area contributed by atoms with Gasteiger partial charge in [0, 0.05) is 5.02 Å². The lowest BCUT2D eigenvalue weighted by molar-refractivity contribution is 0.0991. The molecule has 150 valence electrons. The Morgan fingerprint density at radius 1 is 1.21 bits per heavy atom. The highest BCUT2D eigenvalue weighted by molar-refractivity contribution is 9.10. The van der Waals surface area contributed by atoms with Crippen LogP contribution in [-0.4, -0.2) is 27.1 Å². The van der Waals surface area contributed by atoms with Gasteiger partial charge in [-0.15, -0.1) is 0 Å². The standard InChI is InChI=1S/C17H9BrCl3FN4O3/c18-9-5-8(1-2-12(9)22)23-17(24-28)16-13(25-29-26-16)6-14(27)15-10(20)3-7(19)4-11(15)21/h1-5,28H,6H2,(H,23,24). The maximum absolute atomic E-state index is 13.4. The fourth-order valence-corrected chi connectivity index (χ4v) is 3.76. The Hall–Kier alpha value is -2.04. The Morgan fingerprint density at radius 3 is 2.52 bits per heavy atom. The molecule has 3 aromatic rings. The monoisotopic (exact) mass is 520 g/mol. The summed E-state index contributed by atoms with van der Waals surface area (Å²) in [5.74, 6) is -1.12. The first-order valence-corrected chi connectivity index (χ1v) is 9.66. The van der Waals surface area contributed by atoms with Gasteiger partial charge in [0.2, 0.25) is 0 Å². The summed E-state index contributed by atoms with van der Waals surface area (Å²) in [4.78, 5) is 16.8. The Morgan fingerprint density at radius 2 is 1.90 bits per heavy atom. The number of hydrogen-bond donors (Lipinski definition) is 2. The van der Waals surface area contributed by atoms with E-state index < -0.39 is 11.6 Å². The predicted molar refractivity (Wildman–Crippen MR) is 109 cm³/mol. The van der Waals surface area contributed by atoms with Crippen LogP contribution in [0.3, 0.4) is 0 Å². The molecule has 0 aliphatic rings. The van der Waals surface area contributed by atoms with Crippen LogP contribution >= 0.6 is 50.7 Å². The topological polar surface area (TPSA) is 101 Å². The zero-order chi connectivity index (χ0) is 21.1. The molecule has 12 heteroatoms. The highest BCUT2D eigenvalue weighted by atomic mass is 79.9. The van der Waals surface area contributed by atoms with Crippen LogP contribution in [0.15, 0.2) is 44.4 Å². The van der Waals surface area contributed by atoms with Crippen molar-refractivity contribution in [1.29, 1.82) is 0 Å². The number of aromatic nitrogens is 2. The van der Waals surface area contributed by atoms with Crippen molar-refractivity contribution in [3.05, 3.63) is 72.6 Å². The van der Waals surface area contributed by atoms with E-state index in [0.29, 0.717) is 5.69 Å². The number of ketones is 1. The first-order valence-electron chi connectivity index (χ1n) is 7.73. The van der Waals surface area contributed by atoms with Gasteiger partial charge in [0.15, 0.2) is 17.3 Å². The third-order valence-corrected chi connectivity index (χ3v) is 5.07. The van der Waals surface area contributed by atoms with Gasteiger partial charge in [0.25, 0.3) is 0 Å². The molecule has 0 atom stereocenters. The second-order valence-electron chi connectivity index (χ2n) is 5.57. The summed E-state index contributed by atoms with van der Waals surface area (Å²) in [5, 5.41) is 17.2. The van der Waals surface area contributed by atoms with Gasteiger partial charge in [0.1, 0.15) is 11.5 Å². The molecule has 0 amide bonds. The van der Waals surface area contributed by atoms with E-state index in [-0.39, 0.29) is 48.7 Å². The van der Waals surface area contributed by atoms with Crippen molar-refractivity contribution >= 4 is 68.0 Å². The number of nitrogens with one attached hydrogen (secondary N) is 1. The number of hydroxylamine groups is 1. The molecule has 3 rings (SSSR count). The van der Waals surface area contributed by atoms with Crippen LogP contribution in [0.2, 0.25) is 15.1 Å². The van der Waals surface area contributed by atoms with Crippen molar-refractivity contribution < 1.29 is 19.0 Å². The van der Waals surface area contributed by atoms with Crippen LogP contribution in [0, 0.1) is 5.82 Å². The number of Topliss-reactive ketones (excluding diaryl/α,β-unsaturated/α-hetero) is 1.